The Balaban J connectivity index is 1.35. The maximum Gasteiger partial charge on any atom is 0.147 e. The summed E-state index contributed by atoms with van der Waals surface area (Å²) in [5.74, 6) is 0. The van der Waals surface area contributed by atoms with Crippen LogP contribution in [0.4, 0.5) is 0 Å². The third kappa shape index (κ3) is 2.68. The van der Waals surface area contributed by atoms with Gasteiger partial charge in [0.15, 0.2) is 0 Å². The number of para-hydroxylation sites is 2. The molecule has 4 heterocycles. The van der Waals surface area contributed by atoms with Crippen LogP contribution >= 0.6 is 0 Å². The fourth-order valence-corrected chi connectivity index (χ4v) is 5.37. The number of hydrogen-bond acceptors (Lipinski definition) is 4. The largest absolute Gasteiger partial charge is 0.455 e. The Morgan fingerprint density at radius 1 is 0.657 bits per heavy atom. The van der Waals surface area contributed by atoms with Crippen molar-refractivity contribution >= 4 is 49.6 Å². The SMILES string of the molecule is C1=CC2NC(c3ccc(-c4c5oc6ccccc6c5cc5c4oc4ccccc45)cc3)=CN2C=C1. The second-order valence-corrected chi connectivity index (χ2v) is 9.08. The highest BCUT2D eigenvalue weighted by Crippen LogP contribution is 2.44. The second kappa shape index (κ2) is 6.90. The van der Waals surface area contributed by atoms with Gasteiger partial charge in [0, 0.05) is 33.9 Å². The molecule has 0 bridgehead atoms. The molecule has 4 aromatic carbocycles. The van der Waals surface area contributed by atoms with E-state index in [9.17, 15) is 0 Å². The first-order valence-corrected chi connectivity index (χ1v) is 11.8. The number of allylic oxidation sites excluding steroid dienone is 2. The fraction of sp³-hybridized carbons (Fsp3) is 0.0323. The zero-order valence-electron chi connectivity index (χ0n) is 18.7. The fourth-order valence-electron chi connectivity index (χ4n) is 5.37. The highest BCUT2D eigenvalue weighted by molar-refractivity contribution is 6.21. The lowest BCUT2D eigenvalue weighted by Gasteiger charge is -2.20. The first-order valence-electron chi connectivity index (χ1n) is 11.8. The van der Waals surface area contributed by atoms with Crippen molar-refractivity contribution in [2.75, 3.05) is 0 Å². The average Bonchev–Trinajstić information content (AvgIpc) is 3.60. The quantitative estimate of drug-likeness (QED) is 0.291. The van der Waals surface area contributed by atoms with E-state index in [1.165, 1.54) is 0 Å². The van der Waals surface area contributed by atoms with Crippen LogP contribution in [0.5, 0.6) is 0 Å². The molecule has 1 N–H and O–H groups in total. The maximum atomic E-state index is 6.43. The van der Waals surface area contributed by atoms with Gasteiger partial charge in [-0.3, -0.25) is 0 Å². The molecule has 0 fully saturated rings. The third-order valence-corrected chi connectivity index (χ3v) is 7.06. The molecular weight excluding hydrogens is 432 g/mol. The summed E-state index contributed by atoms with van der Waals surface area (Å²) >= 11 is 0. The summed E-state index contributed by atoms with van der Waals surface area (Å²) in [5, 5.41) is 8.02. The maximum absolute atomic E-state index is 6.43. The van der Waals surface area contributed by atoms with E-state index < -0.39 is 0 Å². The van der Waals surface area contributed by atoms with E-state index in [1.807, 2.05) is 30.3 Å². The topological polar surface area (TPSA) is 41.6 Å². The minimum Gasteiger partial charge on any atom is -0.455 e. The third-order valence-electron chi connectivity index (χ3n) is 7.06. The average molecular weight is 453 g/mol. The van der Waals surface area contributed by atoms with Gasteiger partial charge in [-0.25, -0.2) is 0 Å². The van der Waals surface area contributed by atoms with E-state index in [2.05, 4.69) is 89.4 Å². The molecule has 4 heteroatoms. The molecule has 8 rings (SSSR count). The van der Waals surface area contributed by atoms with Crippen LogP contribution < -0.4 is 5.32 Å². The minimum atomic E-state index is 0.175. The Bertz CT molecular complexity index is 1790. The molecule has 2 aliphatic heterocycles. The molecule has 0 saturated heterocycles. The van der Waals surface area contributed by atoms with Crippen molar-refractivity contribution in [1.29, 1.82) is 0 Å². The predicted molar refractivity (Wildman–Crippen MR) is 141 cm³/mol. The van der Waals surface area contributed by atoms with Gasteiger partial charge in [0.25, 0.3) is 0 Å². The lowest BCUT2D eigenvalue weighted by atomic mass is 9.97. The van der Waals surface area contributed by atoms with Crippen LogP contribution in [-0.4, -0.2) is 11.1 Å². The molecular formula is C31H20N2O2. The first-order chi connectivity index (χ1) is 17.3. The lowest BCUT2D eigenvalue weighted by Crippen LogP contribution is -2.31. The smallest absolute Gasteiger partial charge is 0.147 e. The van der Waals surface area contributed by atoms with Gasteiger partial charge in [-0.05, 0) is 41.5 Å². The molecule has 0 saturated carbocycles. The Labute approximate surface area is 201 Å². The van der Waals surface area contributed by atoms with Crippen molar-refractivity contribution in [3.05, 3.63) is 115 Å². The zero-order valence-corrected chi connectivity index (χ0v) is 18.7. The summed E-state index contributed by atoms with van der Waals surface area (Å²) in [6.07, 6.45) is 10.7. The number of furan rings is 2. The Morgan fingerprint density at radius 3 is 1.94 bits per heavy atom. The number of nitrogens with zero attached hydrogens (tertiary/aromatic N) is 1. The number of rotatable bonds is 2. The summed E-state index contributed by atoms with van der Waals surface area (Å²) in [6.45, 7) is 0. The molecule has 2 aliphatic rings. The molecule has 0 aliphatic carbocycles. The van der Waals surface area contributed by atoms with Crippen LogP contribution in [0.2, 0.25) is 0 Å². The van der Waals surface area contributed by atoms with Crippen LogP contribution in [0.1, 0.15) is 5.56 Å². The number of hydrogen-bond donors (Lipinski definition) is 1. The molecule has 0 amide bonds. The van der Waals surface area contributed by atoms with Crippen molar-refractivity contribution in [3.63, 3.8) is 0 Å². The van der Waals surface area contributed by atoms with E-state index in [1.54, 1.807) is 0 Å². The lowest BCUT2D eigenvalue weighted by molar-refractivity contribution is 0.427. The normalized spacial score (nSPS) is 17.0. The van der Waals surface area contributed by atoms with Crippen molar-refractivity contribution in [1.82, 2.24) is 10.2 Å². The molecule has 0 radical (unpaired) electrons. The Morgan fingerprint density at radius 2 is 1.29 bits per heavy atom. The molecule has 1 atom stereocenters. The molecule has 35 heavy (non-hydrogen) atoms. The predicted octanol–water partition coefficient (Wildman–Crippen LogP) is 7.77. The molecule has 1 unspecified atom stereocenters. The highest BCUT2D eigenvalue weighted by atomic mass is 16.3. The van der Waals surface area contributed by atoms with E-state index in [-0.39, 0.29) is 6.17 Å². The number of benzene rings is 4. The summed E-state index contributed by atoms with van der Waals surface area (Å²) in [4.78, 5) is 2.18. The van der Waals surface area contributed by atoms with E-state index >= 15 is 0 Å². The summed E-state index contributed by atoms with van der Waals surface area (Å²) in [6, 6.07) is 27.3. The van der Waals surface area contributed by atoms with Gasteiger partial charge >= 0.3 is 0 Å². The van der Waals surface area contributed by atoms with Gasteiger partial charge in [-0.15, -0.1) is 0 Å². The van der Waals surface area contributed by atoms with Crippen LogP contribution in [0.15, 0.2) is 118 Å². The molecule has 6 aromatic rings. The molecule has 0 spiro atoms. The highest BCUT2D eigenvalue weighted by Gasteiger charge is 2.23. The van der Waals surface area contributed by atoms with E-state index in [0.717, 1.165) is 66.3 Å². The zero-order chi connectivity index (χ0) is 22.9. The van der Waals surface area contributed by atoms with Gasteiger partial charge < -0.3 is 19.1 Å². The number of fused-ring (bicyclic) bond motifs is 7. The minimum absolute atomic E-state index is 0.175. The van der Waals surface area contributed by atoms with Gasteiger partial charge in [-0.2, -0.15) is 0 Å². The standard InChI is InChI=1S/C31H20N2O2/c1-3-9-26-21(7-1)23-17-24-22-8-2-4-10-27(22)35-31(24)29(30(23)34-26)20-14-12-19(13-15-20)25-18-33-16-6-5-11-28(33)32-25/h1-18,28,32H. The van der Waals surface area contributed by atoms with Crippen molar-refractivity contribution in [2.45, 2.75) is 6.17 Å². The molecule has 2 aromatic heterocycles. The number of nitrogens with one attached hydrogen (secondary N) is 1. The summed E-state index contributed by atoms with van der Waals surface area (Å²) in [7, 11) is 0. The van der Waals surface area contributed by atoms with Crippen molar-refractivity contribution < 1.29 is 8.83 Å². The summed E-state index contributed by atoms with van der Waals surface area (Å²) < 4.78 is 12.9. The van der Waals surface area contributed by atoms with Gasteiger partial charge in [0.05, 0.1) is 11.3 Å². The van der Waals surface area contributed by atoms with Crippen LogP contribution in [-0.2, 0) is 0 Å². The van der Waals surface area contributed by atoms with Crippen molar-refractivity contribution in [2.24, 2.45) is 0 Å². The van der Waals surface area contributed by atoms with Crippen molar-refractivity contribution in [3.8, 4) is 11.1 Å². The van der Waals surface area contributed by atoms with Crippen LogP contribution in [0.25, 0.3) is 60.7 Å². The monoisotopic (exact) mass is 452 g/mol. The molecule has 4 nitrogen and oxygen atoms in total. The molecule has 166 valence electrons. The first kappa shape index (κ1) is 18.7. The van der Waals surface area contributed by atoms with E-state index in [0.29, 0.717) is 0 Å². The van der Waals surface area contributed by atoms with Gasteiger partial charge in [0.2, 0.25) is 0 Å². The van der Waals surface area contributed by atoms with Crippen LogP contribution in [0.3, 0.4) is 0 Å². The van der Waals surface area contributed by atoms with Gasteiger partial charge in [-0.1, -0.05) is 66.7 Å². The van der Waals surface area contributed by atoms with Crippen LogP contribution in [0, 0.1) is 0 Å². The Hall–Kier alpha value is -4.70. The second-order valence-electron chi connectivity index (χ2n) is 9.08. The summed E-state index contributed by atoms with van der Waals surface area (Å²) in [5.41, 5.74) is 7.79. The Kier molecular flexibility index (Phi) is 3.69. The van der Waals surface area contributed by atoms with Gasteiger partial charge in [0.1, 0.15) is 28.5 Å². The van der Waals surface area contributed by atoms with E-state index in [4.69, 9.17) is 8.83 Å².